The molecule has 0 spiro atoms. The molecule has 0 saturated heterocycles. The van der Waals surface area contributed by atoms with Crippen LogP contribution in [0.1, 0.15) is 40.0 Å². The molecule has 1 aromatic carbocycles. The third-order valence-electron chi connectivity index (χ3n) is 3.63. The number of hydrogen-bond acceptors (Lipinski definition) is 4. The van der Waals surface area contributed by atoms with Gasteiger partial charge in [-0.3, -0.25) is 4.79 Å². The monoisotopic (exact) mass is 358 g/mol. The third kappa shape index (κ3) is 8.41. The number of carbonyl (C=O) groups excluding carboxylic acids is 1. The molecule has 1 rings (SSSR count). The van der Waals surface area contributed by atoms with Gasteiger partial charge in [-0.15, -0.1) is 12.4 Å². The maximum Gasteiger partial charge on any atom is 0.220 e. The minimum absolute atomic E-state index is 0. The summed E-state index contributed by atoms with van der Waals surface area (Å²) in [5, 5.41) is 3.05. The van der Waals surface area contributed by atoms with Crippen LogP contribution in [0.25, 0.3) is 0 Å². The summed E-state index contributed by atoms with van der Waals surface area (Å²) >= 11 is 0. The predicted octanol–water partition coefficient (Wildman–Crippen LogP) is 3.16. The Morgan fingerprint density at radius 3 is 2.33 bits per heavy atom. The van der Waals surface area contributed by atoms with Crippen LogP contribution in [0.3, 0.4) is 0 Å². The molecule has 1 atom stereocenters. The molecule has 0 bridgehead atoms. The Morgan fingerprint density at radius 2 is 1.83 bits per heavy atom. The second-order valence-corrected chi connectivity index (χ2v) is 6.54. The fourth-order valence-corrected chi connectivity index (χ4v) is 2.58. The molecule has 138 valence electrons. The van der Waals surface area contributed by atoms with Crippen LogP contribution in [0.5, 0.6) is 11.5 Å². The quantitative estimate of drug-likeness (QED) is 0.630. The average molecular weight is 359 g/mol. The Bertz CT molecular complexity index is 480. The highest BCUT2D eigenvalue weighted by atomic mass is 35.5. The molecule has 1 amide bonds. The summed E-state index contributed by atoms with van der Waals surface area (Å²) in [5.41, 5.74) is 5.48. The van der Waals surface area contributed by atoms with Gasteiger partial charge in [0.2, 0.25) is 5.91 Å². The van der Waals surface area contributed by atoms with Crippen molar-refractivity contribution >= 4 is 18.3 Å². The van der Waals surface area contributed by atoms with Crippen molar-refractivity contribution in [2.45, 2.75) is 45.6 Å². The van der Waals surface area contributed by atoms with Crippen molar-refractivity contribution in [1.29, 1.82) is 0 Å². The Kier molecular flexibility index (Phi) is 10.5. The third-order valence-corrected chi connectivity index (χ3v) is 3.63. The number of methoxy groups -OCH3 is 1. The van der Waals surface area contributed by atoms with Gasteiger partial charge < -0.3 is 20.5 Å². The van der Waals surface area contributed by atoms with E-state index in [4.69, 9.17) is 15.2 Å². The van der Waals surface area contributed by atoms with Crippen molar-refractivity contribution in [2.75, 3.05) is 20.3 Å². The minimum Gasteiger partial charge on any atom is -0.497 e. The van der Waals surface area contributed by atoms with Gasteiger partial charge in [-0.05, 0) is 49.9 Å². The Morgan fingerprint density at radius 1 is 1.25 bits per heavy atom. The highest BCUT2D eigenvalue weighted by Gasteiger charge is 2.25. The van der Waals surface area contributed by atoms with Crippen LogP contribution >= 0.6 is 12.4 Å². The summed E-state index contributed by atoms with van der Waals surface area (Å²) in [5.74, 6) is 2.08. The SMILES string of the molecule is COc1ccc(OCCCC(=O)NC(C)(CN)CC(C)C)cc1.Cl. The summed E-state index contributed by atoms with van der Waals surface area (Å²) in [4.78, 5) is 12.1. The van der Waals surface area contributed by atoms with E-state index in [0.29, 0.717) is 31.9 Å². The van der Waals surface area contributed by atoms with Gasteiger partial charge in [-0.2, -0.15) is 0 Å². The van der Waals surface area contributed by atoms with E-state index in [1.807, 2.05) is 31.2 Å². The minimum atomic E-state index is -0.331. The van der Waals surface area contributed by atoms with Crippen LogP contribution in [0.4, 0.5) is 0 Å². The smallest absolute Gasteiger partial charge is 0.220 e. The van der Waals surface area contributed by atoms with Gasteiger partial charge in [0.25, 0.3) is 0 Å². The van der Waals surface area contributed by atoms with E-state index in [1.165, 1.54) is 0 Å². The summed E-state index contributed by atoms with van der Waals surface area (Å²) in [6, 6.07) is 7.40. The van der Waals surface area contributed by atoms with Crippen LogP contribution < -0.4 is 20.5 Å². The zero-order chi connectivity index (χ0) is 17.3. The second-order valence-electron chi connectivity index (χ2n) is 6.54. The van der Waals surface area contributed by atoms with Crippen LogP contribution in [0.2, 0.25) is 0 Å². The molecule has 3 N–H and O–H groups in total. The lowest BCUT2D eigenvalue weighted by Crippen LogP contribution is -2.52. The van der Waals surface area contributed by atoms with Gasteiger partial charge in [-0.25, -0.2) is 0 Å². The van der Waals surface area contributed by atoms with Crippen molar-refractivity contribution < 1.29 is 14.3 Å². The standard InChI is InChI=1S/C18H30N2O3.ClH/c1-14(2)12-18(3,13-19)20-17(21)6-5-11-23-16-9-7-15(22-4)8-10-16;/h7-10,14H,5-6,11-13,19H2,1-4H3,(H,20,21);1H. The number of benzene rings is 1. The predicted molar refractivity (Wildman–Crippen MR) is 100 cm³/mol. The highest BCUT2D eigenvalue weighted by Crippen LogP contribution is 2.18. The molecule has 6 heteroatoms. The van der Waals surface area contributed by atoms with E-state index in [0.717, 1.165) is 17.9 Å². The first-order valence-electron chi connectivity index (χ1n) is 8.16. The number of ether oxygens (including phenoxy) is 2. The molecule has 0 saturated carbocycles. The van der Waals surface area contributed by atoms with E-state index in [9.17, 15) is 4.79 Å². The van der Waals surface area contributed by atoms with Gasteiger partial charge in [0.15, 0.2) is 0 Å². The molecular weight excluding hydrogens is 328 g/mol. The zero-order valence-corrected chi connectivity index (χ0v) is 15.9. The largest absolute Gasteiger partial charge is 0.497 e. The van der Waals surface area contributed by atoms with Gasteiger partial charge in [0.1, 0.15) is 11.5 Å². The van der Waals surface area contributed by atoms with Crippen LogP contribution in [0.15, 0.2) is 24.3 Å². The van der Waals surface area contributed by atoms with E-state index in [2.05, 4.69) is 19.2 Å². The summed E-state index contributed by atoms with van der Waals surface area (Å²) in [6.07, 6.45) is 1.97. The Hall–Kier alpha value is -1.46. The first kappa shape index (κ1) is 22.5. The maximum atomic E-state index is 12.1. The number of nitrogens with two attached hydrogens (primary N) is 1. The summed E-state index contributed by atoms with van der Waals surface area (Å²) < 4.78 is 10.7. The van der Waals surface area contributed by atoms with Gasteiger partial charge in [0, 0.05) is 18.5 Å². The Balaban J connectivity index is 0.00000529. The van der Waals surface area contributed by atoms with Crippen molar-refractivity contribution in [3.05, 3.63) is 24.3 Å². The van der Waals surface area contributed by atoms with E-state index < -0.39 is 0 Å². The number of rotatable bonds is 10. The molecule has 0 aromatic heterocycles. The molecule has 0 aliphatic heterocycles. The van der Waals surface area contributed by atoms with Crippen molar-refractivity contribution in [3.63, 3.8) is 0 Å². The second kappa shape index (κ2) is 11.2. The maximum absolute atomic E-state index is 12.1. The van der Waals surface area contributed by atoms with Crippen molar-refractivity contribution in [3.8, 4) is 11.5 Å². The molecule has 1 aromatic rings. The fraction of sp³-hybridized carbons (Fsp3) is 0.611. The zero-order valence-electron chi connectivity index (χ0n) is 15.1. The van der Waals surface area contributed by atoms with Crippen LogP contribution in [0, 0.1) is 5.92 Å². The topological polar surface area (TPSA) is 73.6 Å². The van der Waals surface area contributed by atoms with Gasteiger partial charge in [0.05, 0.1) is 13.7 Å². The number of carbonyl (C=O) groups is 1. The first-order valence-corrected chi connectivity index (χ1v) is 8.16. The molecule has 5 nitrogen and oxygen atoms in total. The average Bonchev–Trinajstić information content (AvgIpc) is 2.51. The normalized spacial score (nSPS) is 12.9. The Labute approximate surface area is 151 Å². The summed E-state index contributed by atoms with van der Waals surface area (Å²) in [7, 11) is 1.63. The summed E-state index contributed by atoms with van der Waals surface area (Å²) in [6.45, 7) is 7.20. The number of hydrogen-bond donors (Lipinski definition) is 2. The molecule has 0 fully saturated rings. The van der Waals surface area contributed by atoms with Crippen molar-refractivity contribution in [2.24, 2.45) is 11.7 Å². The lowest BCUT2D eigenvalue weighted by atomic mass is 9.90. The van der Waals surface area contributed by atoms with E-state index in [1.54, 1.807) is 7.11 Å². The van der Waals surface area contributed by atoms with Crippen molar-refractivity contribution in [1.82, 2.24) is 5.32 Å². The lowest BCUT2D eigenvalue weighted by molar-refractivity contribution is -0.123. The molecule has 0 aliphatic rings. The molecule has 0 heterocycles. The van der Waals surface area contributed by atoms with Crippen LogP contribution in [-0.2, 0) is 4.79 Å². The first-order chi connectivity index (χ1) is 10.9. The molecule has 24 heavy (non-hydrogen) atoms. The van der Waals surface area contributed by atoms with Crippen LogP contribution in [-0.4, -0.2) is 31.7 Å². The van der Waals surface area contributed by atoms with E-state index >= 15 is 0 Å². The number of nitrogens with one attached hydrogen (secondary N) is 1. The lowest BCUT2D eigenvalue weighted by Gasteiger charge is -2.31. The van der Waals surface area contributed by atoms with Gasteiger partial charge in [-0.1, -0.05) is 13.8 Å². The fourth-order valence-electron chi connectivity index (χ4n) is 2.58. The van der Waals surface area contributed by atoms with Gasteiger partial charge >= 0.3 is 0 Å². The highest BCUT2D eigenvalue weighted by molar-refractivity contribution is 5.85. The molecule has 0 aliphatic carbocycles. The number of halogens is 1. The molecule has 0 radical (unpaired) electrons. The molecular formula is C18H31ClN2O3. The van der Waals surface area contributed by atoms with E-state index in [-0.39, 0.29) is 23.9 Å². The molecule has 1 unspecified atom stereocenters. The number of amides is 1.